The largest absolute Gasteiger partial charge is 0.103 e. The van der Waals surface area contributed by atoms with E-state index in [0.29, 0.717) is 0 Å². The smallest absolute Gasteiger partial charge is 0.0132 e. The average Bonchev–Trinajstić information content (AvgIpc) is 2.18. The quantitative estimate of drug-likeness (QED) is 0.498. The first-order chi connectivity index (χ1) is 7.04. The molecule has 0 saturated heterocycles. The van der Waals surface area contributed by atoms with Crippen LogP contribution >= 0.6 is 0 Å². The molecule has 82 valence electrons. The zero-order valence-corrected chi connectivity index (χ0v) is 10.2. The monoisotopic (exact) mass is 202 g/mol. The van der Waals surface area contributed by atoms with Crippen LogP contribution in [0, 0.1) is 0 Å². The van der Waals surface area contributed by atoms with Gasteiger partial charge in [-0.05, 0) is 35.8 Å². The molecule has 1 aromatic carbocycles. The van der Waals surface area contributed by atoms with Gasteiger partial charge in [0.05, 0.1) is 0 Å². The van der Waals surface area contributed by atoms with Crippen LogP contribution in [-0.2, 0) is 11.8 Å². The summed E-state index contributed by atoms with van der Waals surface area (Å²) in [6.45, 7) is 10.5. The summed E-state index contributed by atoms with van der Waals surface area (Å²) in [4.78, 5) is 0. The highest BCUT2D eigenvalue weighted by molar-refractivity contribution is 5.27. The molecule has 0 saturated carbocycles. The fourth-order valence-electron chi connectivity index (χ4n) is 1.62. The number of benzene rings is 1. The van der Waals surface area contributed by atoms with E-state index in [0.717, 1.165) is 12.8 Å². The fraction of sp³-hybridized carbons (Fsp3) is 0.467. The third-order valence-electron chi connectivity index (χ3n) is 2.69. The Morgan fingerprint density at radius 3 is 2.20 bits per heavy atom. The average molecular weight is 202 g/mol. The third kappa shape index (κ3) is 3.91. The van der Waals surface area contributed by atoms with Crippen molar-refractivity contribution in [2.45, 2.75) is 45.4 Å². The van der Waals surface area contributed by atoms with Gasteiger partial charge in [-0.25, -0.2) is 0 Å². The van der Waals surface area contributed by atoms with Crippen molar-refractivity contribution in [1.82, 2.24) is 0 Å². The second kappa shape index (κ2) is 5.16. The molecular formula is C15H22. The van der Waals surface area contributed by atoms with Gasteiger partial charge >= 0.3 is 0 Å². The minimum atomic E-state index is 0.264. The van der Waals surface area contributed by atoms with Crippen molar-refractivity contribution in [1.29, 1.82) is 0 Å². The Hall–Kier alpha value is -1.04. The van der Waals surface area contributed by atoms with Crippen LogP contribution in [0.4, 0.5) is 0 Å². The van der Waals surface area contributed by atoms with Crippen LogP contribution in [-0.4, -0.2) is 0 Å². The van der Waals surface area contributed by atoms with Crippen LogP contribution in [0.3, 0.4) is 0 Å². The van der Waals surface area contributed by atoms with E-state index in [1.165, 1.54) is 17.5 Å². The summed E-state index contributed by atoms with van der Waals surface area (Å²) in [5.41, 5.74) is 3.11. The molecule has 0 aromatic heterocycles. The zero-order valence-electron chi connectivity index (χ0n) is 10.2. The van der Waals surface area contributed by atoms with Crippen LogP contribution in [0.25, 0.3) is 0 Å². The maximum Gasteiger partial charge on any atom is -0.0132 e. The van der Waals surface area contributed by atoms with Gasteiger partial charge in [-0.15, -0.1) is 6.58 Å². The Kier molecular flexibility index (Phi) is 4.14. The van der Waals surface area contributed by atoms with Gasteiger partial charge in [0.25, 0.3) is 0 Å². The van der Waals surface area contributed by atoms with Gasteiger partial charge < -0.3 is 0 Å². The molecule has 0 aliphatic heterocycles. The van der Waals surface area contributed by atoms with Gasteiger partial charge in [0, 0.05) is 0 Å². The maximum atomic E-state index is 3.74. The third-order valence-corrected chi connectivity index (χ3v) is 2.69. The Morgan fingerprint density at radius 1 is 1.13 bits per heavy atom. The lowest BCUT2D eigenvalue weighted by Crippen LogP contribution is -2.10. The molecule has 0 radical (unpaired) electrons. The summed E-state index contributed by atoms with van der Waals surface area (Å²) in [5, 5.41) is 0. The van der Waals surface area contributed by atoms with Crippen LogP contribution in [0.15, 0.2) is 36.9 Å². The SMILES string of the molecule is C=CCCCc1ccc(C(C)(C)C)cc1. The molecule has 0 aliphatic rings. The molecule has 0 bridgehead atoms. The van der Waals surface area contributed by atoms with Gasteiger partial charge in [-0.1, -0.05) is 51.1 Å². The van der Waals surface area contributed by atoms with E-state index in [-0.39, 0.29) is 5.41 Å². The Labute approximate surface area is 94.0 Å². The molecule has 0 nitrogen and oxygen atoms in total. The van der Waals surface area contributed by atoms with Gasteiger partial charge in [0.1, 0.15) is 0 Å². The number of rotatable bonds is 4. The predicted octanol–water partition coefficient (Wildman–Crippen LogP) is 4.49. The summed E-state index contributed by atoms with van der Waals surface area (Å²) in [6.07, 6.45) is 5.47. The molecule has 0 heterocycles. The van der Waals surface area contributed by atoms with Gasteiger partial charge in [0.15, 0.2) is 0 Å². The molecule has 1 aromatic rings. The summed E-state index contributed by atoms with van der Waals surface area (Å²) in [6, 6.07) is 9.01. The van der Waals surface area contributed by atoms with Crippen molar-refractivity contribution in [3.05, 3.63) is 48.0 Å². The van der Waals surface area contributed by atoms with E-state index in [1.807, 2.05) is 6.08 Å². The molecule has 0 fully saturated rings. The van der Waals surface area contributed by atoms with E-state index in [4.69, 9.17) is 0 Å². The summed E-state index contributed by atoms with van der Waals surface area (Å²) >= 11 is 0. The van der Waals surface area contributed by atoms with E-state index >= 15 is 0 Å². The molecule has 0 aliphatic carbocycles. The summed E-state index contributed by atoms with van der Waals surface area (Å²) < 4.78 is 0. The fourth-order valence-corrected chi connectivity index (χ4v) is 1.62. The number of hydrogen-bond acceptors (Lipinski definition) is 0. The highest BCUT2D eigenvalue weighted by atomic mass is 14.2. The highest BCUT2D eigenvalue weighted by Gasteiger charge is 2.12. The van der Waals surface area contributed by atoms with Crippen molar-refractivity contribution >= 4 is 0 Å². The second-order valence-corrected chi connectivity index (χ2v) is 5.13. The zero-order chi connectivity index (χ0) is 11.3. The number of aryl methyl sites for hydroxylation is 1. The highest BCUT2D eigenvalue weighted by Crippen LogP contribution is 2.22. The van der Waals surface area contributed by atoms with Crippen molar-refractivity contribution in [2.75, 3.05) is 0 Å². The lowest BCUT2D eigenvalue weighted by molar-refractivity contribution is 0.590. The molecular weight excluding hydrogens is 180 g/mol. The van der Waals surface area contributed by atoms with Crippen LogP contribution in [0.2, 0.25) is 0 Å². The molecule has 1 rings (SSSR count). The van der Waals surface area contributed by atoms with Gasteiger partial charge in [0.2, 0.25) is 0 Å². The topological polar surface area (TPSA) is 0 Å². The lowest BCUT2D eigenvalue weighted by atomic mass is 9.86. The minimum Gasteiger partial charge on any atom is -0.103 e. The van der Waals surface area contributed by atoms with Gasteiger partial charge in [-0.2, -0.15) is 0 Å². The van der Waals surface area contributed by atoms with Crippen LogP contribution < -0.4 is 0 Å². The summed E-state index contributed by atoms with van der Waals surface area (Å²) in [7, 11) is 0. The van der Waals surface area contributed by atoms with Gasteiger partial charge in [-0.3, -0.25) is 0 Å². The second-order valence-electron chi connectivity index (χ2n) is 5.13. The van der Waals surface area contributed by atoms with E-state index in [2.05, 4.69) is 51.6 Å². The van der Waals surface area contributed by atoms with Crippen LogP contribution in [0.5, 0.6) is 0 Å². The Balaban J connectivity index is 2.60. The number of allylic oxidation sites excluding steroid dienone is 1. The first kappa shape index (κ1) is 12.0. The number of unbranched alkanes of at least 4 members (excludes halogenated alkanes) is 1. The van der Waals surface area contributed by atoms with Crippen molar-refractivity contribution in [3.63, 3.8) is 0 Å². The molecule has 0 N–H and O–H groups in total. The standard InChI is InChI=1S/C15H22/c1-5-6-7-8-13-9-11-14(12-10-13)15(2,3)4/h5,9-12H,1,6-8H2,2-4H3. The Bertz CT molecular complexity index is 298. The molecule has 0 unspecified atom stereocenters. The van der Waals surface area contributed by atoms with Crippen molar-refractivity contribution in [3.8, 4) is 0 Å². The molecule has 0 amide bonds. The molecule has 0 spiro atoms. The van der Waals surface area contributed by atoms with E-state index in [1.54, 1.807) is 0 Å². The van der Waals surface area contributed by atoms with Crippen molar-refractivity contribution in [2.24, 2.45) is 0 Å². The normalized spacial score (nSPS) is 11.4. The lowest BCUT2D eigenvalue weighted by Gasteiger charge is -2.19. The minimum absolute atomic E-state index is 0.264. The predicted molar refractivity (Wildman–Crippen MR) is 68.3 cm³/mol. The summed E-state index contributed by atoms with van der Waals surface area (Å²) in [5.74, 6) is 0. The first-order valence-electron chi connectivity index (χ1n) is 5.74. The van der Waals surface area contributed by atoms with E-state index < -0.39 is 0 Å². The molecule has 0 atom stereocenters. The number of hydrogen-bond donors (Lipinski definition) is 0. The maximum absolute atomic E-state index is 3.74. The molecule has 0 heteroatoms. The Morgan fingerprint density at radius 2 is 1.73 bits per heavy atom. The van der Waals surface area contributed by atoms with Crippen LogP contribution in [0.1, 0.15) is 44.7 Å². The van der Waals surface area contributed by atoms with Crippen molar-refractivity contribution < 1.29 is 0 Å². The first-order valence-corrected chi connectivity index (χ1v) is 5.74. The van der Waals surface area contributed by atoms with E-state index in [9.17, 15) is 0 Å². The molecule has 15 heavy (non-hydrogen) atoms.